The van der Waals surface area contributed by atoms with Gasteiger partial charge >= 0.3 is 0 Å². The first-order chi connectivity index (χ1) is 10.1. The highest BCUT2D eigenvalue weighted by molar-refractivity contribution is 5.35. The van der Waals surface area contributed by atoms with Gasteiger partial charge in [0.25, 0.3) is 5.69 Å². The highest BCUT2D eigenvalue weighted by Gasteiger charge is 2.26. The summed E-state index contributed by atoms with van der Waals surface area (Å²) in [5.41, 5.74) is 1.17. The highest BCUT2D eigenvalue weighted by atomic mass is 16.6. The van der Waals surface area contributed by atoms with Crippen molar-refractivity contribution in [2.75, 3.05) is 7.11 Å². The largest absolute Gasteiger partial charge is 0.381 e. The van der Waals surface area contributed by atoms with Gasteiger partial charge in [-0.05, 0) is 31.2 Å². The van der Waals surface area contributed by atoms with Crippen molar-refractivity contribution < 1.29 is 9.66 Å². The van der Waals surface area contributed by atoms with E-state index in [9.17, 15) is 10.1 Å². The van der Waals surface area contributed by atoms with Gasteiger partial charge in [0.05, 0.1) is 11.0 Å². The van der Waals surface area contributed by atoms with Crippen LogP contribution in [0.3, 0.4) is 0 Å². The molecule has 5 heteroatoms. The van der Waals surface area contributed by atoms with Crippen molar-refractivity contribution in [3.8, 4) is 0 Å². The van der Waals surface area contributed by atoms with Gasteiger partial charge in [-0.25, -0.2) is 0 Å². The zero-order valence-corrected chi connectivity index (χ0v) is 12.7. The molecule has 2 rings (SSSR count). The van der Waals surface area contributed by atoms with Crippen molar-refractivity contribution in [2.45, 2.75) is 57.2 Å². The van der Waals surface area contributed by atoms with Crippen LogP contribution in [0.2, 0.25) is 0 Å². The quantitative estimate of drug-likeness (QED) is 0.616. The number of benzene rings is 1. The number of rotatable bonds is 7. The molecule has 1 aromatic carbocycles. The van der Waals surface area contributed by atoms with Crippen molar-refractivity contribution in [3.63, 3.8) is 0 Å². The van der Waals surface area contributed by atoms with Crippen molar-refractivity contribution in [1.29, 1.82) is 0 Å². The summed E-state index contributed by atoms with van der Waals surface area (Å²) in [5.74, 6) is 0. The lowest BCUT2D eigenvalue weighted by molar-refractivity contribution is -0.384. The molecule has 3 atom stereocenters. The van der Waals surface area contributed by atoms with Crippen LogP contribution >= 0.6 is 0 Å². The van der Waals surface area contributed by atoms with Crippen LogP contribution < -0.4 is 5.32 Å². The van der Waals surface area contributed by atoms with E-state index < -0.39 is 0 Å². The molecular weight excluding hydrogens is 268 g/mol. The minimum atomic E-state index is -0.330. The third kappa shape index (κ3) is 4.25. The average Bonchev–Trinajstić information content (AvgIpc) is 2.94. The van der Waals surface area contributed by atoms with Gasteiger partial charge in [-0.15, -0.1) is 0 Å². The van der Waals surface area contributed by atoms with Gasteiger partial charge in [0.1, 0.15) is 0 Å². The lowest BCUT2D eigenvalue weighted by Crippen LogP contribution is -2.31. The molecule has 116 valence electrons. The summed E-state index contributed by atoms with van der Waals surface area (Å²) >= 11 is 0. The van der Waals surface area contributed by atoms with Crippen LogP contribution in [-0.4, -0.2) is 24.2 Å². The molecule has 1 aliphatic carbocycles. The number of hydrogen-bond acceptors (Lipinski definition) is 4. The highest BCUT2D eigenvalue weighted by Crippen LogP contribution is 2.28. The van der Waals surface area contributed by atoms with Crippen LogP contribution in [0.5, 0.6) is 0 Å². The van der Waals surface area contributed by atoms with E-state index in [1.54, 1.807) is 25.3 Å². The number of nitro benzene ring substituents is 1. The smallest absolute Gasteiger partial charge is 0.269 e. The van der Waals surface area contributed by atoms with E-state index in [0.29, 0.717) is 12.1 Å². The first-order valence-corrected chi connectivity index (χ1v) is 7.67. The average molecular weight is 292 g/mol. The summed E-state index contributed by atoms with van der Waals surface area (Å²) < 4.78 is 5.41. The Kier molecular flexibility index (Phi) is 5.70. The summed E-state index contributed by atoms with van der Waals surface area (Å²) in [6.07, 6.45) is 5.58. The van der Waals surface area contributed by atoms with Crippen LogP contribution in [0.1, 0.15) is 50.6 Å². The number of hydrogen-bond donors (Lipinski definition) is 1. The Morgan fingerprint density at radius 2 is 2.29 bits per heavy atom. The molecule has 1 N–H and O–H groups in total. The van der Waals surface area contributed by atoms with E-state index >= 15 is 0 Å². The molecule has 0 saturated heterocycles. The first-order valence-electron chi connectivity index (χ1n) is 7.67. The van der Waals surface area contributed by atoms with Crippen molar-refractivity contribution in [2.24, 2.45) is 0 Å². The summed E-state index contributed by atoms with van der Waals surface area (Å²) in [6, 6.07) is 7.59. The second-order valence-electron chi connectivity index (χ2n) is 5.73. The lowest BCUT2D eigenvalue weighted by atomic mass is 10.0. The lowest BCUT2D eigenvalue weighted by Gasteiger charge is -2.23. The number of methoxy groups -OCH3 is 1. The maximum absolute atomic E-state index is 10.9. The van der Waals surface area contributed by atoms with Gasteiger partial charge in [0.2, 0.25) is 0 Å². The summed E-state index contributed by atoms with van der Waals surface area (Å²) in [6.45, 7) is 2.14. The van der Waals surface area contributed by atoms with Gasteiger partial charge < -0.3 is 10.1 Å². The zero-order chi connectivity index (χ0) is 15.2. The van der Waals surface area contributed by atoms with E-state index in [-0.39, 0.29) is 16.7 Å². The first kappa shape index (κ1) is 15.9. The third-order valence-corrected chi connectivity index (χ3v) is 4.22. The van der Waals surface area contributed by atoms with Crippen molar-refractivity contribution in [1.82, 2.24) is 5.32 Å². The molecule has 1 aliphatic rings. The normalized spacial score (nSPS) is 23.1. The second-order valence-corrected chi connectivity index (χ2v) is 5.73. The van der Waals surface area contributed by atoms with E-state index in [1.165, 1.54) is 0 Å². The number of ether oxygens (including phenoxy) is 1. The molecule has 0 bridgehead atoms. The number of nitro groups is 1. The Morgan fingerprint density at radius 1 is 1.48 bits per heavy atom. The third-order valence-electron chi connectivity index (χ3n) is 4.22. The fourth-order valence-electron chi connectivity index (χ4n) is 3.08. The van der Waals surface area contributed by atoms with Gasteiger partial charge in [0, 0.05) is 31.3 Å². The zero-order valence-electron chi connectivity index (χ0n) is 12.7. The molecule has 1 aromatic rings. The molecular formula is C16H24N2O3. The summed E-state index contributed by atoms with van der Waals surface area (Å²) in [7, 11) is 1.76. The minimum absolute atomic E-state index is 0.164. The van der Waals surface area contributed by atoms with Gasteiger partial charge in [-0.1, -0.05) is 25.5 Å². The van der Waals surface area contributed by atoms with Crippen molar-refractivity contribution >= 4 is 5.69 Å². The fourth-order valence-corrected chi connectivity index (χ4v) is 3.08. The predicted octanol–water partition coefficient (Wildman–Crippen LogP) is 3.59. The van der Waals surface area contributed by atoms with E-state index in [1.807, 2.05) is 6.07 Å². The number of non-ortho nitro benzene ring substituents is 1. The monoisotopic (exact) mass is 292 g/mol. The molecule has 1 fully saturated rings. The molecule has 0 amide bonds. The van der Waals surface area contributed by atoms with Crippen LogP contribution in [0.4, 0.5) is 5.69 Å². The van der Waals surface area contributed by atoms with E-state index in [0.717, 1.165) is 37.7 Å². The molecule has 3 unspecified atom stereocenters. The Balaban J connectivity index is 2.08. The maximum atomic E-state index is 10.9. The van der Waals surface area contributed by atoms with Crippen LogP contribution in [0.25, 0.3) is 0 Å². The van der Waals surface area contributed by atoms with Crippen LogP contribution in [0, 0.1) is 10.1 Å². The molecule has 0 aromatic heterocycles. The second kappa shape index (κ2) is 7.52. The molecule has 0 heterocycles. The minimum Gasteiger partial charge on any atom is -0.381 e. The summed E-state index contributed by atoms with van der Waals surface area (Å²) in [4.78, 5) is 10.6. The van der Waals surface area contributed by atoms with Crippen LogP contribution in [-0.2, 0) is 4.74 Å². The Labute approximate surface area is 125 Å². The Morgan fingerprint density at radius 3 is 2.90 bits per heavy atom. The molecule has 0 radical (unpaired) electrons. The number of nitrogens with one attached hydrogen (secondary N) is 1. The number of nitrogens with zero attached hydrogens (tertiary/aromatic N) is 1. The fraction of sp³-hybridized carbons (Fsp3) is 0.625. The van der Waals surface area contributed by atoms with E-state index in [4.69, 9.17) is 4.74 Å². The van der Waals surface area contributed by atoms with Gasteiger partial charge in [-0.2, -0.15) is 0 Å². The topological polar surface area (TPSA) is 64.4 Å². The molecule has 1 saturated carbocycles. The van der Waals surface area contributed by atoms with Crippen LogP contribution in [0.15, 0.2) is 24.3 Å². The van der Waals surface area contributed by atoms with E-state index in [2.05, 4.69) is 12.2 Å². The van der Waals surface area contributed by atoms with Crippen molar-refractivity contribution in [3.05, 3.63) is 39.9 Å². The maximum Gasteiger partial charge on any atom is 0.269 e. The standard InChI is InChI=1S/C16H24N2O3/c1-3-5-16(17-13-8-9-15(11-13)21-2)12-6-4-7-14(10-12)18(19)20/h4,6-7,10,13,15-17H,3,5,8-9,11H2,1-2H3. The predicted molar refractivity (Wildman–Crippen MR) is 82.3 cm³/mol. The Bertz CT molecular complexity index is 478. The van der Waals surface area contributed by atoms with Gasteiger partial charge in [0.15, 0.2) is 0 Å². The Hall–Kier alpha value is -1.46. The molecule has 0 aliphatic heterocycles. The SMILES string of the molecule is CCCC(NC1CCC(OC)C1)c1cccc([N+](=O)[O-])c1. The summed E-state index contributed by atoms with van der Waals surface area (Å²) in [5, 5.41) is 14.6. The molecule has 0 spiro atoms. The molecule has 21 heavy (non-hydrogen) atoms. The molecule has 5 nitrogen and oxygen atoms in total. The van der Waals surface area contributed by atoms with Gasteiger partial charge in [-0.3, -0.25) is 10.1 Å².